The zero-order valence-electron chi connectivity index (χ0n) is 8.54. The number of nitrogens with one attached hydrogen (secondary N) is 1. The summed E-state index contributed by atoms with van der Waals surface area (Å²) in [5.74, 6) is 1.12. The quantitative estimate of drug-likeness (QED) is 0.869. The van der Waals surface area contributed by atoms with E-state index in [1.165, 1.54) is 0 Å². The van der Waals surface area contributed by atoms with E-state index in [1.807, 2.05) is 6.92 Å². The van der Waals surface area contributed by atoms with E-state index in [-0.39, 0.29) is 6.04 Å². The van der Waals surface area contributed by atoms with E-state index in [2.05, 4.69) is 15.2 Å². The van der Waals surface area contributed by atoms with Crippen molar-refractivity contribution in [2.45, 2.75) is 13.0 Å². The molecule has 3 N–H and O–H groups in total. The van der Waals surface area contributed by atoms with Crippen molar-refractivity contribution in [2.24, 2.45) is 5.73 Å². The summed E-state index contributed by atoms with van der Waals surface area (Å²) in [5, 5.41) is 7.96. The van der Waals surface area contributed by atoms with E-state index >= 15 is 0 Å². The minimum absolute atomic E-state index is 0.195. The fourth-order valence-electron chi connectivity index (χ4n) is 1.27. The molecule has 1 unspecified atom stereocenters. The number of halogens is 2. The molecule has 0 radical (unpaired) electrons. The molecule has 2 rings (SSSR count). The summed E-state index contributed by atoms with van der Waals surface area (Å²) >= 11 is 11.9. The third kappa shape index (κ3) is 2.19. The number of aromatic nitrogens is 3. The molecule has 0 aliphatic carbocycles. The largest absolute Gasteiger partial charge is 0.322 e. The van der Waals surface area contributed by atoms with E-state index in [9.17, 15) is 0 Å². The maximum atomic E-state index is 6.04. The van der Waals surface area contributed by atoms with Gasteiger partial charge in [0.2, 0.25) is 0 Å². The molecular weight excluding hydrogens is 247 g/mol. The zero-order chi connectivity index (χ0) is 11.7. The molecule has 0 saturated carbocycles. The molecule has 0 saturated heterocycles. The van der Waals surface area contributed by atoms with Gasteiger partial charge in [0.1, 0.15) is 5.82 Å². The predicted octanol–water partition coefficient (Wildman–Crippen LogP) is 2.80. The van der Waals surface area contributed by atoms with Crippen LogP contribution in [0.25, 0.3) is 11.4 Å². The van der Waals surface area contributed by atoms with Crippen molar-refractivity contribution in [1.29, 1.82) is 0 Å². The lowest BCUT2D eigenvalue weighted by Gasteiger charge is -2.00. The van der Waals surface area contributed by atoms with Crippen LogP contribution < -0.4 is 5.73 Å². The van der Waals surface area contributed by atoms with Crippen LogP contribution in [0.15, 0.2) is 18.2 Å². The SMILES string of the molecule is CC(N)c1nc(-c2cc(Cl)ccc2Cl)n[nH]1. The van der Waals surface area contributed by atoms with Gasteiger partial charge in [-0.25, -0.2) is 4.98 Å². The maximum absolute atomic E-state index is 6.04. The molecule has 6 heteroatoms. The first-order valence-corrected chi connectivity index (χ1v) is 5.47. The second-order valence-electron chi connectivity index (χ2n) is 3.46. The molecule has 1 heterocycles. The molecule has 1 aromatic heterocycles. The smallest absolute Gasteiger partial charge is 0.182 e. The zero-order valence-corrected chi connectivity index (χ0v) is 10.0. The van der Waals surface area contributed by atoms with Gasteiger partial charge in [-0.05, 0) is 25.1 Å². The summed E-state index contributed by atoms with van der Waals surface area (Å²) in [4.78, 5) is 4.25. The van der Waals surface area contributed by atoms with Gasteiger partial charge in [-0.3, -0.25) is 5.10 Å². The van der Waals surface area contributed by atoms with E-state index in [0.29, 0.717) is 27.3 Å². The van der Waals surface area contributed by atoms with Crippen LogP contribution in [0.2, 0.25) is 10.0 Å². The molecule has 2 aromatic rings. The van der Waals surface area contributed by atoms with Gasteiger partial charge in [-0.15, -0.1) is 0 Å². The topological polar surface area (TPSA) is 67.6 Å². The fraction of sp³-hybridized carbons (Fsp3) is 0.200. The van der Waals surface area contributed by atoms with Crippen molar-refractivity contribution < 1.29 is 0 Å². The molecule has 0 spiro atoms. The van der Waals surface area contributed by atoms with E-state index in [4.69, 9.17) is 28.9 Å². The average molecular weight is 257 g/mol. The van der Waals surface area contributed by atoms with Gasteiger partial charge < -0.3 is 5.73 Å². The van der Waals surface area contributed by atoms with Crippen molar-refractivity contribution >= 4 is 23.2 Å². The summed E-state index contributed by atoms with van der Waals surface area (Å²) < 4.78 is 0. The maximum Gasteiger partial charge on any atom is 0.182 e. The van der Waals surface area contributed by atoms with Gasteiger partial charge in [0.25, 0.3) is 0 Å². The molecule has 4 nitrogen and oxygen atoms in total. The Morgan fingerprint density at radius 3 is 2.75 bits per heavy atom. The van der Waals surface area contributed by atoms with E-state index in [1.54, 1.807) is 18.2 Å². The highest BCUT2D eigenvalue weighted by Gasteiger charge is 2.11. The summed E-state index contributed by atoms with van der Waals surface area (Å²) in [6.45, 7) is 1.82. The molecule has 0 aliphatic heterocycles. The van der Waals surface area contributed by atoms with Crippen molar-refractivity contribution in [3.8, 4) is 11.4 Å². The molecular formula is C10H10Cl2N4. The first-order chi connectivity index (χ1) is 7.58. The fourth-order valence-corrected chi connectivity index (χ4v) is 1.64. The summed E-state index contributed by atoms with van der Waals surface area (Å²) in [5.41, 5.74) is 6.37. The molecule has 0 amide bonds. The van der Waals surface area contributed by atoms with Gasteiger partial charge in [0, 0.05) is 10.6 Å². The molecule has 0 fully saturated rings. The average Bonchev–Trinajstić information content (AvgIpc) is 2.70. The van der Waals surface area contributed by atoms with E-state index in [0.717, 1.165) is 0 Å². The molecule has 84 valence electrons. The Bertz CT molecular complexity index is 507. The Hall–Kier alpha value is -1.10. The van der Waals surface area contributed by atoms with Crippen molar-refractivity contribution in [3.63, 3.8) is 0 Å². The number of hydrogen-bond donors (Lipinski definition) is 2. The second-order valence-corrected chi connectivity index (χ2v) is 4.30. The van der Waals surface area contributed by atoms with Gasteiger partial charge in [-0.2, -0.15) is 5.10 Å². The minimum Gasteiger partial charge on any atom is -0.322 e. The van der Waals surface area contributed by atoms with Crippen molar-refractivity contribution in [1.82, 2.24) is 15.2 Å². The number of rotatable bonds is 2. The predicted molar refractivity (Wildman–Crippen MR) is 64.4 cm³/mol. The first-order valence-electron chi connectivity index (χ1n) is 4.71. The van der Waals surface area contributed by atoms with Crippen molar-refractivity contribution in [2.75, 3.05) is 0 Å². The van der Waals surface area contributed by atoms with Crippen LogP contribution >= 0.6 is 23.2 Å². The van der Waals surface area contributed by atoms with Gasteiger partial charge in [0.05, 0.1) is 11.1 Å². The second kappa shape index (κ2) is 4.41. The summed E-state index contributed by atoms with van der Waals surface area (Å²) in [6.07, 6.45) is 0. The van der Waals surface area contributed by atoms with Crippen LogP contribution in [0, 0.1) is 0 Å². The number of nitrogens with two attached hydrogens (primary N) is 1. The number of hydrogen-bond acceptors (Lipinski definition) is 3. The van der Waals surface area contributed by atoms with Crippen molar-refractivity contribution in [3.05, 3.63) is 34.1 Å². The Kier molecular flexibility index (Phi) is 3.14. The summed E-state index contributed by atoms with van der Waals surface area (Å²) in [7, 11) is 0. The lowest BCUT2D eigenvalue weighted by molar-refractivity contribution is 0.745. The van der Waals surface area contributed by atoms with Crippen LogP contribution in [0.3, 0.4) is 0 Å². The molecule has 1 aromatic carbocycles. The molecule has 1 atom stereocenters. The van der Waals surface area contributed by atoms with Crippen LogP contribution in [0.1, 0.15) is 18.8 Å². The Morgan fingerprint density at radius 1 is 1.38 bits per heavy atom. The lowest BCUT2D eigenvalue weighted by Crippen LogP contribution is -2.06. The van der Waals surface area contributed by atoms with Crippen LogP contribution in [0.5, 0.6) is 0 Å². The number of H-pyrrole nitrogens is 1. The number of benzene rings is 1. The Balaban J connectivity index is 2.46. The third-order valence-electron chi connectivity index (χ3n) is 2.10. The number of nitrogens with zero attached hydrogens (tertiary/aromatic N) is 2. The monoisotopic (exact) mass is 256 g/mol. The molecule has 16 heavy (non-hydrogen) atoms. The van der Waals surface area contributed by atoms with Gasteiger partial charge >= 0.3 is 0 Å². The first kappa shape index (κ1) is 11.4. The van der Waals surface area contributed by atoms with Crippen LogP contribution in [-0.4, -0.2) is 15.2 Å². The highest BCUT2D eigenvalue weighted by molar-refractivity contribution is 6.35. The highest BCUT2D eigenvalue weighted by atomic mass is 35.5. The standard InChI is InChI=1S/C10H10Cl2N4/c1-5(13)9-14-10(16-15-9)7-4-6(11)2-3-8(7)12/h2-5H,13H2,1H3,(H,14,15,16). The van der Waals surface area contributed by atoms with Gasteiger partial charge in [0.15, 0.2) is 5.82 Å². The molecule has 0 aliphatic rings. The minimum atomic E-state index is -0.195. The molecule has 0 bridgehead atoms. The Morgan fingerprint density at radius 2 is 2.12 bits per heavy atom. The Labute approximate surface area is 103 Å². The highest BCUT2D eigenvalue weighted by Crippen LogP contribution is 2.28. The van der Waals surface area contributed by atoms with Crippen LogP contribution in [0.4, 0.5) is 0 Å². The summed E-state index contributed by atoms with van der Waals surface area (Å²) in [6, 6.07) is 4.95. The number of aromatic amines is 1. The van der Waals surface area contributed by atoms with Crippen LogP contribution in [-0.2, 0) is 0 Å². The third-order valence-corrected chi connectivity index (χ3v) is 2.67. The normalized spacial score (nSPS) is 12.8. The van der Waals surface area contributed by atoms with Gasteiger partial charge in [-0.1, -0.05) is 23.2 Å². The van der Waals surface area contributed by atoms with E-state index < -0.39 is 0 Å². The lowest BCUT2D eigenvalue weighted by atomic mass is 10.2.